The molecule has 2 aromatic rings. The Bertz CT molecular complexity index is 751. The predicted octanol–water partition coefficient (Wildman–Crippen LogP) is 3.15. The number of hydrazine groups is 1. The number of anilines is 1. The van der Waals surface area contributed by atoms with Crippen molar-refractivity contribution in [1.82, 2.24) is 20.2 Å². The van der Waals surface area contributed by atoms with Gasteiger partial charge in [0, 0.05) is 12.7 Å². The van der Waals surface area contributed by atoms with Gasteiger partial charge in [-0.25, -0.2) is 0 Å². The van der Waals surface area contributed by atoms with Crippen molar-refractivity contribution in [3.8, 4) is 0 Å². The molecule has 108 valence electrons. The summed E-state index contributed by atoms with van der Waals surface area (Å²) in [5.74, 6) is 0.809. The van der Waals surface area contributed by atoms with Gasteiger partial charge in [-0.15, -0.1) is 0 Å². The van der Waals surface area contributed by atoms with E-state index in [9.17, 15) is 0 Å². The number of rotatable bonds is 3. The van der Waals surface area contributed by atoms with Crippen LogP contribution in [0.5, 0.6) is 0 Å². The highest BCUT2D eigenvalue weighted by Gasteiger charge is 2.15. The summed E-state index contributed by atoms with van der Waals surface area (Å²) in [6.07, 6.45) is 5.96. The van der Waals surface area contributed by atoms with E-state index >= 15 is 0 Å². The normalized spacial score (nSPS) is 14.0. The average molecular weight is 299 g/mol. The van der Waals surface area contributed by atoms with Gasteiger partial charge in [0.2, 0.25) is 0 Å². The molecule has 0 fully saturated rings. The van der Waals surface area contributed by atoms with Gasteiger partial charge in [0.1, 0.15) is 0 Å². The van der Waals surface area contributed by atoms with Crippen molar-refractivity contribution in [2.75, 3.05) is 5.01 Å². The van der Waals surface area contributed by atoms with Crippen molar-refractivity contribution >= 4 is 23.6 Å². The first-order chi connectivity index (χ1) is 10.2. The Morgan fingerprint density at radius 1 is 1.24 bits per heavy atom. The van der Waals surface area contributed by atoms with Gasteiger partial charge in [-0.3, -0.25) is 20.1 Å². The summed E-state index contributed by atoms with van der Waals surface area (Å²) in [6.45, 7) is 4.90. The van der Waals surface area contributed by atoms with Crippen LogP contribution < -0.4 is 10.4 Å². The molecule has 5 nitrogen and oxygen atoms in total. The molecule has 1 aromatic heterocycles. The molecule has 0 spiro atoms. The Labute approximate surface area is 128 Å². The lowest BCUT2D eigenvalue weighted by Crippen LogP contribution is -2.34. The second-order valence-electron chi connectivity index (χ2n) is 4.84. The maximum Gasteiger partial charge on any atom is 0.195 e. The van der Waals surface area contributed by atoms with Crippen molar-refractivity contribution in [2.45, 2.75) is 20.4 Å². The number of hydrogen-bond donors (Lipinski definition) is 2. The summed E-state index contributed by atoms with van der Waals surface area (Å²) in [5, 5.41) is 9.11. The largest absolute Gasteiger partial charge is 0.299 e. The van der Waals surface area contributed by atoms with Crippen LogP contribution in [-0.2, 0) is 6.54 Å². The summed E-state index contributed by atoms with van der Waals surface area (Å²) in [4.78, 5) is 0. The number of allylic oxidation sites excluding steroid dienone is 2. The molecule has 0 saturated heterocycles. The van der Waals surface area contributed by atoms with Crippen LogP contribution in [0.25, 0.3) is 5.70 Å². The smallest absolute Gasteiger partial charge is 0.195 e. The fraction of sp³-hybridized carbons (Fsp3) is 0.200. The zero-order chi connectivity index (χ0) is 14.8. The Balaban J connectivity index is 1.89. The third-order valence-electron chi connectivity index (χ3n) is 3.37. The molecule has 2 N–H and O–H groups in total. The minimum absolute atomic E-state index is 0.631. The molecule has 1 aliphatic heterocycles. The van der Waals surface area contributed by atoms with Gasteiger partial charge >= 0.3 is 0 Å². The van der Waals surface area contributed by atoms with Gasteiger partial charge in [0.15, 0.2) is 10.6 Å². The third-order valence-corrected chi connectivity index (χ3v) is 3.68. The van der Waals surface area contributed by atoms with Gasteiger partial charge in [0.05, 0.1) is 11.4 Å². The number of aromatic nitrogens is 3. The fourth-order valence-corrected chi connectivity index (χ4v) is 2.49. The third kappa shape index (κ3) is 2.62. The number of benzene rings is 1. The molecular formula is C15H17N5S. The molecule has 2 heterocycles. The lowest BCUT2D eigenvalue weighted by atomic mass is 10.2. The lowest BCUT2D eigenvalue weighted by molar-refractivity contribution is 0.724. The standard InChI is InChI=1S/C15H17N5S/c1-3-19-14(16-17-15(19)21)13-5-4-10-20(18-13)12-8-6-11(2)7-9-12/h4-10,18H,3H2,1-2H3,(H,17,21). The molecule has 3 rings (SSSR count). The van der Waals surface area contributed by atoms with E-state index in [2.05, 4.69) is 46.8 Å². The minimum Gasteiger partial charge on any atom is -0.299 e. The van der Waals surface area contributed by atoms with E-state index in [-0.39, 0.29) is 0 Å². The van der Waals surface area contributed by atoms with Gasteiger partial charge in [0.25, 0.3) is 0 Å². The number of aryl methyl sites for hydroxylation is 1. The van der Waals surface area contributed by atoms with Crippen LogP contribution in [-0.4, -0.2) is 14.8 Å². The minimum atomic E-state index is 0.631. The number of nitrogens with zero attached hydrogens (tertiary/aromatic N) is 3. The van der Waals surface area contributed by atoms with E-state index in [0.29, 0.717) is 4.77 Å². The quantitative estimate of drug-likeness (QED) is 0.855. The molecule has 0 unspecified atom stereocenters. The van der Waals surface area contributed by atoms with Crippen LogP contribution in [0.15, 0.2) is 42.6 Å². The van der Waals surface area contributed by atoms with Crippen LogP contribution >= 0.6 is 12.2 Å². The van der Waals surface area contributed by atoms with Crippen molar-refractivity contribution < 1.29 is 0 Å². The molecule has 0 radical (unpaired) electrons. The van der Waals surface area contributed by atoms with Crippen LogP contribution in [0.2, 0.25) is 0 Å². The zero-order valence-electron chi connectivity index (χ0n) is 12.0. The molecule has 0 saturated carbocycles. The summed E-state index contributed by atoms with van der Waals surface area (Å²) >= 11 is 5.24. The predicted molar refractivity (Wildman–Crippen MR) is 87.0 cm³/mol. The lowest BCUT2D eigenvalue weighted by Gasteiger charge is -2.26. The number of nitrogens with one attached hydrogen (secondary N) is 2. The van der Waals surface area contributed by atoms with Crippen LogP contribution in [0.3, 0.4) is 0 Å². The second-order valence-corrected chi connectivity index (χ2v) is 5.22. The maximum atomic E-state index is 5.24. The Hall–Kier alpha value is -2.34. The highest BCUT2D eigenvalue weighted by atomic mass is 32.1. The summed E-state index contributed by atoms with van der Waals surface area (Å²) in [7, 11) is 0. The van der Waals surface area contributed by atoms with E-state index < -0.39 is 0 Å². The highest BCUT2D eigenvalue weighted by molar-refractivity contribution is 7.71. The maximum absolute atomic E-state index is 5.24. The topological polar surface area (TPSA) is 48.9 Å². The molecule has 0 aliphatic carbocycles. The fourth-order valence-electron chi connectivity index (χ4n) is 2.23. The van der Waals surface area contributed by atoms with Gasteiger partial charge in [-0.05, 0) is 50.4 Å². The van der Waals surface area contributed by atoms with Gasteiger partial charge in [-0.1, -0.05) is 17.7 Å². The van der Waals surface area contributed by atoms with Crippen molar-refractivity contribution in [1.29, 1.82) is 0 Å². The Kier molecular flexibility index (Phi) is 3.62. The molecule has 0 amide bonds. The average Bonchev–Trinajstić information content (AvgIpc) is 2.89. The Morgan fingerprint density at radius 2 is 2.00 bits per heavy atom. The summed E-state index contributed by atoms with van der Waals surface area (Å²) in [5.41, 5.74) is 6.57. The monoisotopic (exact) mass is 299 g/mol. The number of hydrogen-bond acceptors (Lipinski definition) is 4. The summed E-state index contributed by atoms with van der Waals surface area (Å²) < 4.78 is 2.59. The number of aromatic amines is 1. The second kappa shape index (κ2) is 5.57. The van der Waals surface area contributed by atoms with E-state index in [4.69, 9.17) is 12.2 Å². The van der Waals surface area contributed by atoms with E-state index in [0.717, 1.165) is 23.8 Å². The molecule has 1 aliphatic rings. The first kappa shape index (κ1) is 13.6. The van der Waals surface area contributed by atoms with Crippen LogP contribution in [0.1, 0.15) is 18.3 Å². The van der Waals surface area contributed by atoms with E-state index in [1.807, 2.05) is 34.9 Å². The SMILES string of the molecule is CCn1c(C2=CC=CN(c3ccc(C)cc3)N2)n[nH]c1=S. The zero-order valence-corrected chi connectivity index (χ0v) is 12.8. The summed E-state index contributed by atoms with van der Waals surface area (Å²) in [6, 6.07) is 8.33. The van der Waals surface area contributed by atoms with Crippen LogP contribution in [0.4, 0.5) is 5.69 Å². The molecule has 21 heavy (non-hydrogen) atoms. The van der Waals surface area contributed by atoms with Crippen molar-refractivity contribution in [2.24, 2.45) is 0 Å². The highest BCUT2D eigenvalue weighted by Crippen LogP contribution is 2.20. The first-order valence-electron chi connectivity index (χ1n) is 6.85. The molecule has 0 atom stereocenters. The van der Waals surface area contributed by atoms with Gasteiger partial charge < -0.3 is 0 Å². The molecule has 6 heteroatoms. The molecular weight excluding hydrogens is 282 g/mol. The van der Waals surface area contributed by atoms with Crippen molar-refractivity contribution in [3.05, 3.63) is 58.8 Å². The molecule has 1 aromatic carbocycles. The van der Waals surface area contributed by atoms with Crippen molar-refractivity contribution in [3.63, 3.8) is 0 Å². The van der Waals surface area contributed by atoms with E-state index in [1.165, 1.54) is 5.56 Å². The number of H-pyrrole nitrogens is 1. The van der Waals surface area contributed by atoms with Crippen LogP contribution in [0, 0.1) is 11.7 Å². The Morgan fingerprint density at radius 3 is 2.71 bits per heavy atom. The first-order valence-corrected chi connectivity index (χ1v) is 7.26. The van der Waals surface area contributed by atoms with E-state index in [1.54, 1.807) is 0 Å². The van der Waals surface area contributed by atoms with Gasteiger partial charge in [-0.2, -0.15) is 5.10 Å². The molecule has 0 bridgehead atoms.